The molecule has 1 rings (SSSR count). The molecule has 0 aromatic rings. The van der Waals surface area contributed by atoms with E-state index in [0.717, 1.165) is 19.5 Å². The van der Waals surface area contributed by atoms with Gasteiger partial charge in [-0.2, -0.15) is 0 Å². The van der Waals surface area contributed by atoms with Crippen molar-refractivity contribution >= 4 is 0 Å². The Morgan fingerprint density at radius 1 is 1.80 bits per heavy atom. The Bertz CT molecular complexity index is 132. The van der Waals surface area contributed by atoms with Crippen molar-refractivity contribution in [3.05, 3.63) is 10.1 Å². The van der Waals surface area contributed by atoms with Crippen LogP contribution in [0.1, 0.15) is 13.3 Å². The maximum Gasteiger partial charge on any atom is 0.214 e. The van der Waals surface area contributed by atoms with Crippen LogP contribution in [0.2, 0.25) is 0 Å². The second-order valence-corrected chi connectivity index (χ2v) is 2.78. The van der Waals surface area contributed by atoms with Gasteiger partial charge in [-0.1, -0.05) is 0 Å². The molecule has 1 aliphatic heterocycles. The highest BCUT2D eigenvalue weighted by atomic mass is 16.6. The van der Waals surface area contributed by atoms with Crippen LogP contribution in [0.3, 0.4) is 0 Å². The Balaban J connectivity index is 2.39. The lowest BCUT2D eigenvalue weighted by molar-refractivity contribution is -0.526. The van der Waals surface area contributed by atoms with E-state index >= 15 is 0 Å². The van der Waals surface area contributed by atoms with E-state index in [4.69, 9.17) is 0 Å². The maximum absolute atomic E-state index is 10.3. The zero-order valence-electron chi connectivity index (χ0n) is 6.04. The van der Waals surface area contributed by atoms with Crippen LogP contribution in [0.15, 0.2) is 0 Å². The summed E-state index contributed by atoms with van der Waals surface area (Å²) in [5, 5.41) is 13.4. The fraction of sp³-hybridized carbons (Fsp3) is 1.00. The van der Waals surface area contributed by atoms with Gasteiger partial charge in [0.1, 0.15) is 0 Å². The molecule has 0 saturated carbocycles. The summed E-state index contributed by atoms with van der Waals surface area (Å²) in [6, 6.07) is -0.380. The molecule has 1 N–H and O–H groups in total. The summed E-state index contributed by atoms with van der Waals surface area (Å²) in [5.74, 6) is 0.245. The third-order valence-electron chi connectivity index (χ3n) is 2.11. The van der Waals surface area contributed by atoms with Crippen LogP contribution in [0.4, 0.5) is 0 Å². The Kier molecular flexibility index (Phi) is 2.21. The topological polar surface area (TPSA) is 55.2 Å². The second-order valence-electron chi connectivity index (χ2n) is 2.78. The molecule has 1 aliphatic rings. The van der Waals surface area contributed by atoms with Gasteiger partial charge in [-0.25, -0.2) is 0 Å². The van der Waals surface area contributed by atoms with Crippen LogP contribution < -0.4 is 5.32 Å². The first-order valence-corrected chi connectivity index (χ1v) is 3.56. The standard InChI is InChI=1S/C6H12N2O2/c1-5(8(9)10)6-2-3-7-4-6/h5-7H,2-4H2,1H3. The van der Waals surface area contributed by atoms with E-state index in [9.17, 15) is 10.1 Å². The summed E-state index contributed by atoms with van der Waals surface area (Å²) in [5.41, 5.74) is 0. The molecule has 1 saturated heterocycles. The lowest BCUT2D eigenvalue weighted by Gasteiger charge is -2.08. The number of hydrogen-bond donors (Lipinski definition) is 1. The summed E-state index contributed by atoms with van der Waals surface area (Å²) in [7, 11) is 0. The average molecular weight is 144 g/mol. The van der Waals surface area contributed by atoms with Crippen molar-refractivity contribution in [2.75, 3.05) is 13.1 Å². The quantitative estimate of drug-likeness (QED) is 0.447. The van der Waals surface area contributed by atoms with Gasteiger partial charge in [0, 0.05) is 24.3 Å². The van der Waals surface area contributed by atoms with Crippen LogP contribution >= 0.6 is 0 Å². The first-order chi connectivity index (χ1) is 4.72. The molecule has 0 bridgehead atoms. The Morgan fingerprint density at radius 3 is 2.90 bits per heavy atom. The Labute approximate surface area is 59.8 Å². The normalized spacial score (nSPS) is 28.3. The van der Waals surface area contributed by atoms with Gasteiger partial charge in [-0.05, 0) is 13.0 Å². The summed E-state index contributed by atoms with van der Waals surface area (Å²) >= 11 is 0. The van der Waals surface area contributed by atoms with Crippen LogP contribution in [0.5, 0.6) is 0 Å². The minimum absolute atomic E-state index is 0.197. The fourth-order valence-corrected chi connectivity index (χ4v) is 1.26. The van der Waals surface area contributed by atoms with Gasteiger partial charge in [-0.15, -0.1) is 0 Å². The zero-order valence-corrected chi connectivity index (χ0v) is 6.04. The lowest BCUT2D eigenvalue weighted by Crippen LogP contribution is -2.27. The van der Waals surface area contributed by atoms with Crippen molar-refractivity contribution < 1.29 is 4.92 Å². The molecule has 4 heteroatoms. The molecule has 10 heavy (non-hydrogen) atoms. The SMILES string of the molecule is CC(C1CCNC1)[N+](=O)[O-]. The minimum Gasteiger partial charge on any atom is -0.316 e. The highest BCUT2D eigenvalue weighted by Crippen LogP contribution is 2.13. The first kappa shape index (κ1) is 7.47. The average Bonchev–Trinajstić information content (AvgIpc) is 2.36. The monoisotopic (exact) mass is 144 g/mol. The molecule has 0 spiro atoms. The molecule has 4 nitrogen and oxygen atoms in total. The summed E-state index contributed by atoms with van der Waals surface area (Å²) < 4.78 is 0. The van der Waals surface area contributed by atoms with Crippen molar-refractivity contribution in [2.24, 2.45) is 5.92 Å². The molecule has 0 aromatic carbocycles. The Hall–Kier alpha value is -0.640. The highest BCUT2D eigenvalue weighted by Gasteiger charge is 2.28. The van der Waals surface area contributed by atoms with Gasteiger partial charge in [0.25, 0.3) is 0 Å². The smallest absolute Gasteiger partial charge is 0.214 e. The zero-order chi connectivity index (χ0) is 7.56. The van der Waals surface area contributed by atoms with E-state index < -0.39 is 0 Å². The third kappa shape index (κ3) is 1.44. The van der Waals surface area contributed by atoms with E-state index in [2.05, 4.69) is 5.32 Å². The molecule has 1 fully saturated rings. The van der Waals surface area contributed by atoms with Gasteiger partial charge >= 0.3 is 0 Å². The summed E-state index contributed by atoms with van der Waals surface area (Å²) in [4.78, 5) is 10.1. The van der Waals surface area contributed by atoms with E-state index in [-0.39, 0.29) is 16.9 Å². The number of hydrogen-bond acceptors (Lipinski definition) is 3. The van der Waals surface area contributed by atoms with E-state index in [1.54, 1.807) is 6.92 Å². The molecular weight excluding hydrogens is 132 g/mol. The van der Waals surface area contributed by atoms with Crippen molar-refractivity contribution in [3.8, 4) is 0 Å². The summed E-state index contributed by atoms with van der Waals surface area (Å²) in [6.45, 7) is 3.42. The number of nitrogens with one attached hydrogen (secondary N) is 1. The molecular formula is C6H12N2O2. The predicted molar refractivity (Wildman–Crippen MR) is 37.4 cm³/mol. The molecule has 58 valence electrons. The van der Waals surface area contributed by atoms with Gasteiger partial charge in [-0.3, -0.25) is 10.1 Å². The minimum atomic E-state index is -0.380. The van der Waals surface area contributed by atoms with Crippen molar-refractivity contribution in [1.82, 2.24) is 5.32 Å². The van der Waals surface area contributed by atoms with Gasteiger partial charge in [0.2, 0.25) is 6.04 Å². The van der Waals surface area contributed by atoms with E-state index in [1.165, 1.54) is 0 Å². The number of nitro groups is 1. The second kappa shape index (κ2) is 2.96. The van der Waals surface area contributed by atoms with E-state index in [0.29, 0.717) is 0 Å². The molecule has 0 aromatic heterocycles. The van der Waals surface area contributed by atoms with Gasteiger partial charge in [0.05, 0.1) is 0 Å². The largest absolute Gasteiger partial charge is 0.316 e. The summed E-state index contributed by atoms with van der Waals surface area (Å²) in [6.07, 6.45) is 0.947. The third-order valence-corrected chi connectivity index (χ3v) is 2.11. The maximum atomic E-state index is 10.3. The van der Waals surface area contributed by atoms with Crippen LogP contribution in [-0.2, 0) is 0 Å². The van der Waals surface area contributed by atoms with Crippen LogP contribution in [0.25, 0.3) is 0 Å². The van der Waals surface area contributed by atoms with Crippen molar-refractivity contribution in [1.29, 1.82) is 0 Å². The highest BCUT2D eigenvalue weighted by molar-refractivity contribution is 4.75. The van der Waals surface area contributed by atoms with Crippen LogP contribution in [0, 0.1) is 16.0 Å². The van der Waals surface area contributed by atoms with Gasteiger partial charge in [0.15, 0.2) is 0 Å². The molecule has 2 atom stereocenters. The van der Waals surface area contributed by atoms with E-state index in [1.807, 2.05) is 0 Å². The lowest BCUT2D eigenvalue weighted by atomic mass is 10.0. The Morgan fingerprint density at radius 2 is 2.50 bits per heavy atom. The van der Waals surface area contributed by atoms with Crippen LogP contribution in [-0.4, -0.2) is 24.1 Å². The molecule has 0 amide bonds. The van der Waals surface area contributed by atoms with Crippen molar-refractivity contribution in [3.63, 3.8) is 0 Å². The molecule has 0 radical (unpaired) electrons. The molecule has 1 heterocycles. The van der Waals surface area contributed by atoms with Crippen molar-refractivity contribution in [2.45, 2.75) is 19.4 Å². The predicted octanol–water partition coefficient (Wildman–Crippen LogP) is 0.261. The number of rotatable bonds is 2. The van der Waals surface area contributed by atoms with Gasteiger partial charge < -0.3 is 5.32 Å². The first-order valence-electron chi connectivity index (χ1n) is 3.56. The molecule has 2 unspecified atom stereocenters. The number of nitrogens with zero attached hydrogens (tertiary/aromatic N) is 1. The molecule has 0 aliphatic carbocycles. The fourth-order valence-electron chi connectivity index (χ4n) is 1.26.